The van der Waals surface area contributed by atoms with Crippen molar-refractivity contribution >= 4 is 50.0 Å². The summed E-state index contributed by atoms with van der Waals surface area (Å²) < 4.78 is 25.6. The summed E-state index contributed by atoms with van der Waals surface area (Å²) in [5.74, 6) is -1.21. The molecule has 1 aromatic heterocycles. The first-order valence-electron chi connectivity index (χ1n) is 5.10. The summed E-state index contributed by atoms with van der Waals surface area (Å²) in [5.41, 5.74) is 0.565. The first-order valence-corrected chi connectivity index (χ1v) is 7.50. The molecule has 1 heterocycles. The summed E-state index contributed by atoms with van der Waals surface area (Å²) in [6.07, 6.45) is 0. The first-order chi connectivity index (χ1) is 8.92. The van der Waals surface area contributed by atoms with Gasteiger partial charge in [0.05, 0.1) is 10.4 Å². The number of hydrogen-bond acceptors (Lipinski definition) is 4. The van der Waals surface area contributed by atoms with E-state index in [0.717, 1.165) is 0 Å². The number of nitrogens with one attached hydrogen (secondary N) is 1. The van der Waals surface area contributed by atoms with Crippen molar-refractivity contribution in [3.05, 3.63) is 35.5 Å². The Morgan fingerprint density at radius 2 is 2.00 bits per heavy atom. The maximum Gasteiger partial charge on any atom is 0.264 e. The standard InChI is InChI=1S/C11H8Cl2N2O3S/c12-6-11(16)15-19(17,18)8-2-3-9-7(5-8)1-4-10(13)14-9/h1-5H,6H2,(H,15,16). The van der Waals surface area contributed by atoms with Crippen LogP contribution in [0.2, 0.25) is 5.15 Å². The van der Waals surface area contributed by atoms with E-state index in [1.807, 2.05) is 4.72 Å². The van der Waals surface area contributed by atoms with Gasteiger partial charge < -0.3 is 0 Å². The number of nitrogens with zero attached hydrogens (tertiary/aromatic N) is 1. The average Bonchev–Trinajstić information content (AvgIpc) is 2.37. The van der Waals surface area contributed by atoms with Crippen LogP contribution in [-0.2, 0) is 14.8 Å². The third kappa shape index (κ3) is 3.15. The molecule has 19 heavy (non-hydrogen) atoms. The van der Waals surface area contributed by atoms with Crippen molar-refractivity contribution < 1.29 is 13.2 Å². The predicted octanol–water partition coefficient (Wildman–Crippen LogP) is 1.93. The van der Waals surface area contributed by atoms with Crippen LogP contribution in [0.4, 0.5) is 0 Å². The zero-order chi connectivity index (χ0) is 14.0. The first kappa shape index (κ1) is 14.0. The summed E-state index contributed by atoms with van der Waals surface area (Å²) in [7, 11) is -3.92. The van der Waals surface area contributed by atoms with Crippen molar-refractivity contribution in [1.82, 2.24) is 9.71 Å². The number of benzene rings is 1. The second kappa shape index (κ2) is 5.32. The highest BCUT2D eigenvalue weighted by Gasteiger charge is 2.17. The van der Waals surface area contributed by atoms with Crippen molar-refractivity contribution in [1.29, 1.82) is 0 Å². The van der Waals surface area contributed by atoms with Crippen LogP contribution in [0, 0.1) is 0 Å². The van der Waals surface area contributed by atoms with Gasteiger partial charge in [-0.05, 0) is 30.3 Å². The largest absolute Gasteiger partial charge is 0.273 e. The van der Waals surface area contributed by atoms with E-state index in [1.54, 1.807) is 12.1 Å². The van der Waals surface area contributed by atoms with Gasteiger partial charge in [-0.25, -0.2) is 18.1 Å². The molecule has 1 N–H and O–H groups in total. The Kier molecular flexibility index (Phi) is 3.93. The van der Waals surface area contributed by atoms with Crippen LogP contribution in [-0.4, -0.2) is 25.2 Å². The second-order valence-electron chi connectivity index (χ2n) is 3.65. The van der Waals surface area contributed by atoms with Crippen molar-refractivity contribution in [2.24, 2.45) is 0 Å². The molecule has 0 unspecified atom stereocenters. The number of pyridine rings is 1. The smallest absolute Gasteiger partial charge is 0.264 e. The summed E-state index contributed by atoms with van der Waals surface area (Å²) >= 11 is 11.0. The van der Waals surface area contributed by atoms with E-state index in [9.17, 15) is 13.2 Å². The Morgan fingerprint density at radius 3 is 2.68 bits per heavy atom. The molecule has 100 valence electrons. The lowest BCUT2D eigenvalue weighted by Crippen LogP contribution is -2.31. The van der Waals surface area contributed by atoms with Crippen molar-refractivity contribution in [3.8, 4) is 0 Å². The van der Waals surface area contributed by atoms with E-state index >= 15 is 0 Å². The molecule has 2 rings (SSSR count). The third-order valence-electron chi connectivity index (χ3n) is 2.31. The molecule has 8 heteroatoms. The van der Waals surface area contributed by atoms with Crippen LogP contribution in [0.1, 0.15) is 0 Å². The van der Waals surface area contributed by atoms with Crippen LogP contribution < -0.4 is 4.72 Å². The average molecular weight is 319 g/mol. The molecule has 0 atom stereocenters. The number of hydrogen-bond donors (Lipinski definition) is 1. The highest BCUT2D eigenvalue weighted by molar-refractivity contribution is 7.90. The molecule has 1 amide bonds. The van der Waals surface area contributed by atoms with Gasteiger partial charge in [0.1, 0.15) is 11.0 Å². The van der Waals surface area contributed by atoms with Gasteiger partial charge in [-0.2, -0.15) is 0 Å². The number of fused-ring (bicyclic) bond motifs is 1. The molecule has 0 fully saturated rings. The molecule has 0 aliphatic heterocycles. The van der Waals surface area contributed by atoms with Gasteiger partial charge in [0.2, 0.25) is 5.91 Å². The highest BCUT2D eigenvalue weighted by atomic mass is 35.5. The Balaban J connectivity index is 2.46. The minimum absolute atomic E-state index is 0.0393. The topological polar surface area (TPSA) is 76.1 Å². The normalized spacial score (nSPS) is 11.5. The Bertz CT molecular complexity index is 747. The minimum Gasteiger partial charge on any atom is -0.273 e. The molecule has 0 saturated heterocycles. The number of carbonyl (C=O) groups excluding carboxylic acids is 1. The maximum atomic E-state index is 11.9. The molecule has 1 aromatic carbocycles. The molecule has 0 radical (unpaired) electrons. The summed E-state index contributed by atoms with van der Waals surface area (Å²) in [6.45, 7) is 0. The molecular weight excluding hydrogens is 311 g/mol. The number of halogens is 2. The number of carbonyl (C=O) groups is 1. The zero-order valence-electron chi connectivity index (χ0n) is 9.43. The number of alkyl halides is 1. The van der Waals surface area contributed by atoms with Crippen LogP contribution in [0.3, 0.4) is 0 Å². The molecular formula is C11H8Cl2N2O3S. The summed E-state index contributed by atoms with van der Waals surface area (Å²) in [4.78, 5) is 15.1. The lowest BCUT2D eigenvalue weighted by atomic mass is 10.2. The number of sulfonamides is 1. The zero-order valence-corrected chi connectivity index (χ0v) is 11.8. The summed E-state index contributed by atoms with van der Waals surface area (Å²) in [5, 5.41) is 0.921. The van der Waals surface area contributed by atoms with Gasteiger partial charge in [-0.15, -0.1) is 11.6 Å². The van der Waals surface area contributed by atoms with E-state index in [1.165, 1.54) is 18.2 Å². The Hall–Kier alpha value is -1.37. The minimum atomic E-state index is -3.92. The number of amides is 1. The van der Waals surface area contributed by atoms with Gasteiger partial charge in [0.15, 0.2) is 0 Å². The molecule has 5 nitrogen and oxygen atoms in total. The maximum absolute atomic E-state index is 11.9. The van der Waals surface area contributed by atoms with Crippen molar-refractivity contribution in [2.45, 2.75) is 4.90 Å². The monoisotopic (exact) mass is 318 g/mol. The highest BCUT2D eigenvalue weighted by Crippen LogP contribution is 2.19. The van der Waals surface area contributed by atoms with Crippen LogP contribution in [0.15, 0.2) is 35.2 Å². The van der Waals surface area contributed by atoms with E-state index in [4.69, 9.17) is 23.2 Å². The molecule has 0 aliphatic carbocycles. The molecule has 0 aliphatic rings. The molecule has 0 saturated carbocycles. The van der Waals surface area contributed by atoms with Gasteiger partial charge in [-0.3, -0.25) is 4.79 Å². The fraction of sp³-hybridized carbons (Fsp3) is 0.0909. The van der Waals surface area contributed by atoms with Crippen LogP contribution in [0.25, 0.3) is 10.9 Å². The van der Waals surface area contributed by atoms with Crippen molar-refractivity contribution in [3.63, 3.8) is 0 Å². The lowest BCUT2D eigenvalue weighted by Gasteiger charge is -2.06. The quantitative estimate of drug-likeness (QED) is 0.693. The van der Waals surface area contributed by atoms with E-state index in [-0.39, 0.29) is 4.90 Å². The Labute approximate surface area is 119 Å². The Morgan fingerprint density at radius 1 is 1.26 bits per heavy atom. The van der Waals surface area contributed by atoms with Gasteiger partial charge >= 0.3 is 0 Å². The second-order valence-corrected chi connectivity index (χ2v) is 5.99. The molecule has 2 aromatic rings. The fourth-order valence-corrected chi connectivity index (χ4v) is 2.80. The lowest BCUT2D eigenvalue weighted by molar-refractivity contribution is -0.116. The van der Waals surface area contributed by atoms with E-state index in [2.05, 4.69) is 4.98 Å². The van der Waals surface area contributed by atoms with E-state index < -0.39 is 21.8 Å². The van der Waals surface area contributed by atoms with Crippen molar-refractivity contribution in [2.75, 3.05) is 5.88 Å². The van der Waals surface area contributed by atoms with Gasteiger partial charge in [-0.1, -0.05) is 11.6 Å². The number of rotatable bonds is 3. The fourth-order valence-electron chi connectivity index (χ4n) is 1.48. The van der Waals surface area contributed by atoms with Gasteiger partial charge in [0.25, 0.3) is 10.0 Å². The van der Waals surface area contributed by atoms with Crippen LogP contribution >= 0.6 is 23.2 Å². The van der Waals surface area contributed by atoms with E-state index in [0.29, 0.717) is 16.1 Å². The number of aromatic nitrogens is 1. The molecule has 0 bridgehead atoms. The SMILES string of the molecule is O=C(CCl)NS(=O)(=O)c1ccc2nc(Cl)ccc2c1. The third-order valence-corrected chi connectivity index (χ3v) is 4.13. The molecule has 0 spiro atoms. The van der Waals surface area contributed by atoms with Gasteiger partial charge in [0, 0.05) is 5.39 Å². The summed E-state index contributed by atoms with van der Waals surface area (Å²) in [6, 6.07) is 7.46. The predicted molar refractivity (Wildman–Crippen MR) is 72.8 cm³/mol. The van der Waals surface area contributed by atoms with Crippen LogP contribution in [0.5, 0.6) is 0 Å².